The molecule has 1 nitrogen and oxygen atoms in total. The van der Waals surface area contributed by atoms with Crippen molar-refractivity contribution >= 4 is 59.3 Å². The number of fused-ring (bicyclic) bond motifs is 4. The molecule has 0 saturated heterocycles. The van der Waals surface area contributed by atoms with Crippen LogP contribution in [0.15, 0.2) is 176 Å². The largest absolute Gasteiger partial charge is 0.310 e. The second-order valence-electron chi connectivity index (χ2n) is 17.0. The first kappa shape index (κ1) is 35.7. The molecule has 8 aromatic carbocycles. The third kappa shape index (κ3) is 6.48. The quantitative estimate of drug-likeness (QED) is 0.164. The van der Waals surface area contributed by atoms with E-state index in [1.807, 2.05) is 11.3 Å². The minimum atomic E-state index is -0.0335. The van der Waals surface area contributed by atoms with Crippen LogP contribution in [0.3, 0.4) is 0 Å². The van der Waals surface area contributed by atoms with Gasteiger partial charge in [-0.25, -0.2) is 0 Å². The lowest BCUT2D eigenvalue weighted by Crippen LogP contribution is -2.19. The predicted octanol–water partition coefficient (Wildman–Crippen LogP) is 16.3. The van der Waals surface area contributed by atoms with Crippen molar-refractivity contribution in [1.82, 2.24) is 0 Å². The molecule has 0 spiro atoms. The molecule has 0 aliphatic carbocycles. The Morgan fingerprint density at radius 1 is 0.411 bits per heavy atom. The molecule has 0 amide bonds. The average molecular weight is 742 g/mol. The number of rotatable bonds is 6. The van der Waals surface area contributed by atoms with E-state index in [1.165, 1.54) is 75.5 Å². The highest BCUT2D eigenvalue weighted by Crippen LogP contribution is 2.47. The van der Waals surface area contributed by atoms with Crippen LogP contribution in [0, 0.1) is 0 Å². The van der Waals surface area contributed by atoms with Crippen LogP contribution in [0.4, 0.5) is 17.1 Å². The first-order valence-corrected chi connectivity index (χ1v) is 20.5. The highest BCUT2D eigenvalue weighted by Gasteiger charge is 2.25. The van der Waals surface area contributed by atoms with E-state index in [0.29, 0.717) is 0 Å². The maximum absolute atomic E-state index is 2.49. The van der Waals surface area contributed by atoms with E-state index >= 15 is 0 Å². The minimum Gasteiger partial charge on any atom is -0.310 e. The molecule has 0 unspecified atom stereocenters. The molecule has 1 heterocycles. The van der Waals surface area contributed by atoms with Crippen molar-refractivity contribution in [3.63, 3.8) is 0 Å². The fourth-order valence-electron chi connectivity index (χ4n) is 8.12. The standard InChI is InChI=1S/C54H47NS/c1-53(2,3)39-33-40(54(4,5)6)35-42(34-39)55(41-31-29-37(30-32-41)44-24-16-26-48-46-22-11-13-28-50(46)56-52(44)48)49-27-12-10-21-45(49)47-25-15-20-38-19-14-23-43(51(38)47)36-17-8-7-9-18-36/h7-35H,1-6H3. The second kappa shape index (κ2) is 14.0. The number of anilines is 3. The van der Waals surface area contributed by atoms with Crippen molar-refractivity contribution in [1.29, 1.82) is 0 Å². The van der Waals surface area contributed by atoms with Crippen molar-refractivity contribution < 1.29 is 0 Å². The Kier molecular flexibility index (Phi) is 8.91. The summed E-state index contributed by atoms with van der Waals surface area (Å²) in [7, 11) is 0. The summed E-state index contributed by atoms with van der Waals surface area (Å²) in [5.74, 6) is 0. The summed E-state index contributed by atoms with van der Waals surface area (Å²) in [4.78, 5) is 2.49. The summed E-state index contributed by atoms with van der Waals surface area (Å²) >= 11 is 1.88. The zero-order chi connectivity index (χ0) is 38.6. The monoisotopic (exact) mass is 741 g/mol. The van der Waals surface area contributed by atoms with Crippen molar-refractivity contribution in [3.8, 4) is 33.4 Å². The molecular formula is C54H47NS. The van der Waals surface area contributed by atoms with Crippen LogP contribution in [-0.4, -0.2) is 0 Å². The maximum atomic E-state index is 2.49. The maximum Gasteiger partial charge on any atom is 0.0540 e. The molecule has 0 aliphatic rings. The third-order valence-electron chi connectivity index (χ3n) is 11.2. The van der Waals surface area contributed by atoms with Gasteiger partial charge in [0.1, 0.15) is 0 Å². The summed E-state index contributed by atoms with van der Waals surface area (Å²) < 4.78 is 2.66. The topological polar surface area (TPSA) is 3.24 Å². The smallest absolute Gasteiger partial charge is 0.0540 e. The fraction of sp³-hybridized carbons (Fsp3) is 0.148. The van der Waals surface area contributed by atoms with Gasteiger partial charge in [-0.15, -0.1) is 11.3 Å². The van der Waals surface area contributed by atoms with Crippen LogP contribution in [0.5, 0.6) is 0 Å². The molecule has 0 radical (unpaired) electrons. The summed E-state index contributed by atoms with van der Waals surface area (Å²) in [5.41, 5.74) is 13.4. The van der Waals surface area contributed by atoms with E-state index in [2.05, 4.69) is 222 Å². The molecule has 0 atom stereocenters. The summed E-state index contributed by atoms with van der Waals surface area (Å²) in [6.07, 6.45) is 0. The summed E-state index contributed by atoms with van der Waals surface area (Å²) in [5, 5.41) is 5.14. The lowest BCUT2D eigenvalue weighted by atomic mass is 9.80. The Balaban J connectivity index is 1.28. The van der Waals surface area contributed by atoms with E-state index in [0.717, 1.165) is 17.1 Å². The molecule has 0 saturated carbocycles. The summed E-state index contributed by atoms with van der Waals surface area (Å²) in [6, 6.07) is 65.2. The number of para-hydroxylation sites is 1. The Labute approximate surface area is 335 Å². The van der Waals surface area contributed by atoms with Crippen LogP contribution in [0.1, 0.15) is 52.7 Å². The highest BCUT2D eigenvalue weighted by molar-refractivity contribution is 7.26. The second-order valence-corrected chi connectivity index (χ2v) is 18.1. The zero-order valence-corrected chi connectivity index (χ0v) is 33.9. The molecule has 0 N–H and O–H groups in total. The van der Waals surface area contributed by atoms with Crippen molar-refractivity contribution in [2.75, 3.05) is 4.90 Å². The van der Waals surface area contributed by atoms with Gasteiger partial charge in [0.05, 0.1) is 5.69 Å². The average Bonchev–Trinajstić information content (AvgIpc) is 3.60. The van der Waals surface area contributed by atoms with E-state index in [4.69, 9.17) is 0 Å². The van der Waals surface area contributed by atoms with E-state index < -0.39 is 0 Å². The van der Waals surface area contributed by atoms with Gasteiger partial charge in [-0.05, 0) is 96.9 Å². The summed E-state index contributed by atoms with van der Waals surface area (Å²) in [6.45, 7) is 13.9. The molecule has 9 rings (SSSR count). The van der Waals surface area contributed by atoms with Crippen LogP contribution in [0.25, 0.3) is 64.3 Å². The Morgan fingerprint density at radius 2 is 0.964 bits per heavy atom. The van der Waals surface area contributed by atoms with Crippen LogP contribution < -0.4 is 4.90 Å². The van der Waals surface area contributed by atoms with Gasteiger partial charge in [0.25, 0.3) is 0 Å². The number of thiophene rings is 1. The molecule has 0 aliphatic heterocycles. The number of benzene rings is 8. The zero-order valence-electron chi connectivity index (χ0n) is 33.1. The third-order valence-corrected chi connectivity index (χ3v) is 12.4. The van der Waals surface area contributed by atoms with Gasteiger partial charge in [0.2, 0.25) is 0 Å². The van der Waals surface area contributed by atoms with Crippen LogP contribution in [-0.2, 0) is 10.8 Å². The number of hydrogen-bond acceptors (Lipinski definition) is 2. The molecule has 274 valence electrons. The molecule has 1 aromatic heterocycles. The Hall–Kier alpha value is -5.96. The Morgan fingerprint density at radius 3 is 1.68 bits per heavy atom. The van der Waals surface area contributed by atoms with Crippen molar-refractivity contribution in [2.45, 2.75) is 52.4 Å². The van der Waals surface area contributed by atoms with E-state index in [1.54, 1.807) is 0 Å². The van der Waals surface area contributed by atoms with Gasteiger partial charge < -0.3 is 4.90 Å². The predicted molar refractivity (Wildman–Crippen MR) is 245 cm³/mol. The SMILES string of the molecule is CC(C)(C)c1cc(N(c2ccc(-c3cccc4c3sc3ccccc34)cc2)c2ccccc2-c2cccc3cccc(-c4ccccc4)c23)cc(C(C)(C)C)c1. The van der Waals surface area contributed by atoms with Gasteiger partial charge in [-0.2, -0.15) is 0 Å². The molecule has 9 aromatic rings. The van der Waals surface area contributed by atoms with Crippen molar-refractivity contribution in [3.05, 3.63) is 187 Å². The van der Waals surface area contributed by atoms with Gasteiger partial charge >= 0.3 is 0 Å². The fourth-order valence-corrected chi connectivity index (χ4v) is 9.36. The lowest BCUT2D eigenvalue weighted by Gasteiger charge is -2.32. The number of hydrogen-bond donors (Lipinski definition) is 0. The van der Waals surface area contributed by atoms with Gasteiger partial charge in [-0.1, -0.05) is 181 Å². The molecular weight excluding hydrogens is 695 g/mol. The molecule has 2 heteroatoms. The number of nitrogens with zero attached hydrogens (tertiary/aromatic N) is 1. The van der Waals surface area contributed by atoms with Crippen molar-refractivity contribution in [2.24, 2.45) is 0 Å². The van der Waals surface area contributed by atoms with Crippen LogP contribution in [0.2, 0.25) is 0 Å². The normalized spacial score (nSPS) is 12.1. The minimum absolute atomic E-state index is 0.0335. The van der Waals surface area contributed by atoms with E-state index in [-0.39, 0.29) is 10.8 Å². The first-order valence-electron chi connectivity index (χ1n) is 19.7. The highest BCUT2D eigenvalue weighted by atomic mass is 32.1. The molecule has 56 heavy (non-hydrogen) atoms. The molecule has 0 bridgehead atoms. The van der Waals surface area contributed by atoms with Gasteiger partial charge in [0, 0.05) is 37.1 Å². The van der Waals surface area contributed by atoms with Crippen LogP contribution >= 0.6 is 11.3 Å². The molecule has 0 fully saturated rings. The first-order chi connectivity index (χ1) is 27.0. The lowest BCUT2D eigenvalue weighted by molar-refractivity contribution is 0.569. The van der Waals surface area contributed by atoms with Gasteiger partial charge in [-0.3, -0.25) is 0 Å². The van der Waals surface area contributed by atoms with Gasteiger partial charge in [0.15, 0.2) is 0 Å². The van der Waals surface area contributed by atoms with E-state index in [9.17, 15) is 0 Å². The Bertz CT molecular complexity index is 2830.